The zero-order valence-electron chi connectivity index (χ0n) is 18.8. The number of piperidine rings is 1. The SMILES string of the molecule is O=C(C1CCN(S(=O)(=O)C(F)(F)F)CC1)N1CCc2c(cccc2Oc2ccc(C(F)(F)F)cc2)C1. The van der Waals surface area contributed by atoms with Crippen molar-refractivity contribution in [2.24, 2.45) is 5.92 Å². The molecule has 0 atom stereocenters. The Morgan fingerprint density at radius 3 is 2.14 bits per heavy atom. The third-order valence-electron chi connectivity index (χ3n) is 6.38. The van der Waals surface area contributed by atoms with Gasteiger partial charge in [0.1, 0.15) is 11.5 Å². The van der Waals surface area contributed by atoms with E-state index in [2.05, 4.69) is 0 Å². The smallest absolute Gasteiger partial charge is 0.457 e. The van der Waals surface area contributed by atoms with Gasteiger partial charge in [0.05, 0.1) is 5.56 Å². The number of hydrogen-bond acceptors (Lipinski definition) is 4. The fraction of sp³-hybridized carbons (Fsp3) is 0.435. The Bertz CT molecular complexity index is 1220. The van der Waals surface area contributed by atoms with Crippen molar-refractivity contribution in [2.45, 2.75) is 37.5 Å². The van der Waals surface area contributed by atoms with Crippen molar-refractivity contribution in [3.8, 4) is 11.5 Å². The van der Waals surface area contributed by atoms with Gasteiger partial charge in [-0.15, -0.1) is 0 Å². The van der Waals surface area contributed by atoms with Gasteiger partial charge in [-0.3, -0.25) is 4.79 Å². The molecular formula is C23H22F6N2O4S. The van der Waals surface area contributed by atoms with Crippen molar-refractivity contribution in [3.63, 3.8) is 0 Å². The maximum atomic E-state index is 13.0. The van der Waals surface area contributed by atoms with Crippen molar-refractivity contribution >= 4 is 15.9 Å². The van der Waals surface area contributed by atoms with E-state index in [1.54, 1.807) is 23.1 Å². The van der Waals surface area contributed by atoms with Crippen LogP contribution in [0.4, 0.5) is 26.3 Å². The van der Waals surface area contributed by atoms with Crippen LogP contribution < -0.4 is 4.74 Å². The Labute approximate surface area is 203 Å². The van der Waals surface area contributed by atoms with E-state index in [-0.39, 0.29) is 44.1 Å². The molecule has 1 amide bonds. The van der Waals surface area contributed by atoms with Gasteiger partial charge in [0.15, 0.2) is 0 Å². The third kappa shape index (κ3) is 5.31. The first-order valence-electron chi connectivity index (χ1n) is 11.1. The zero-order chi connectivity index (χ0) is 26.3. The summed E-state index contributed by atoms with van der Waals surface area (Å²) in [6, 6.07) is 9.50. The molecule has 4 rings (SSSR count). The molecular weight excluding hydrogens is 514 g/mol. The molecule has 2 aliphatic rings. The lowest BCUT2D eigenvalue weighted by molar-refractivity contribution is -0.138. The molecule has 13 heteroatoms. The number of fused-ring (bicyclic) bond motifs is 1. The molecule has 2 aromatic rings. The number of ether oxygens (including phenoxy) is 1. The average molecular weight is 536 g/mol. The molecule has 0 aliphatic carbocycles. The Hall–Kier alpha value is -2.80. The van der Waals surface area contributed by atoms with E-state index in [0.29, 0.717) is 23.0 Å². The highest BCUT2D eigenvalue weighted by atomic mass is 32.2. The van der Waals surface area contributed by atoms with Crippen LogP contribution in [0.5, 0.6) is 11.5 Å². The largest absolute Gasteiger partial charge is 0.511 e. The minimum Gasteiger partial charge on any atom is -0.457 e. The Morgan fingerprint density at radius 1 is 0.917 bits per heavy atom. The molecule has 0 aromatic heterocycles. The molecule has 0 radical (unpaired) electrons. The normalized spacial score (nSPS) is 18.1. The van der Waals surface area contributed by atoms with Crippen LogP contribution in [0.2, 0.25) is 0 Å². The van der Waals surface area contributed by atoms with Crippen LogP contribution >= 0.6 is 0 Å². The van der Waals surface area contributed by atoms with Crippen LogP contribution in [-0.4, -0.2) is 48.7 Å². The van der Waals surface area contributed by atoms with Crippen LogP contribution in [-0.2, 0) is 34.0 Å². The van der Waals surface area contributed by atoms with E-state index in [1.807, 2.05) is 0 Å². The number of benzene rings is 2. The van der Waals surface area contributed by atoms with Gasteiger partial charge >= 0.3 is 21.7 Å². The number of sulfonamides is 1. The van der Waals surface area contributed by atoms with E-state index in [9.17, 15) is 39.6 Å². The van der Waals surface area contributed by atoms with Crippen LogP contribution in [0.3, 0.4) is 0 Å². The molecule has 36 heavy (non-hydrogen) atoms. The second-order valence-corrected chi connectivity index (χ2v) is 10.6. The monoisotopic (exact) mass is 536 g/mol. The number of alkyl halides is 6. The van der Waals surface area contributed by atoms with E-state index in [4.69, 9.17) is 4.74 Å². The fourth-order valence-corrected chi connectivity index (χ4v) is 5.43. The van der Waals surface area contributed by atoms with Gasteiger partial charge in [0.25, 0.3) is 0 Å². The first-order chi connectivity index (χ1) is 16.8. The summed E-state index contributed by atoms with van der Waals surface area (Å²) in [6.45, 7) is -0.207. The minimum atomic E-state index is -5.42. The first kappa shape index (κ1) is 26.3. The Balaban J connectivity index is 1.40. The van der Waals surface area contributed by atoms with Crippen LogP contribution in [0.25, 0.3) is 0 Å². The van der Waals surface area contributed by atoms with Gasteiger partial charge in [0.2, 0.25) is 5.91 Å². The van der Waals surface area contributed by atoms with Crippen molar-refractivity contribution in [3.05, 3.63) is 59.2 Å². The summed E-state index contributed by atoms with van der Waals surface area (Å²) < 4.78 is 106. The molecule has 0 bridgehead atoms. The summed E-state index contributed by atoms with van der Waals surface area (Å²) in [7, 11) is -5.42. The van der Waals surface area contributed by atoms with Crippen LogP contribution in [0.1, 0.15) is 29.5 Å². The summed E-state index contributed by atoms with van der Waals surface area (Å²) in [6.07, 6.45) is -4.05. The molecule has 2 aliphatic heterocycles. The summed E-state index contributed by atoms with van der Waals surface area (Å²) >= 11 is 0. The van der Waals surface area contributed by atoms with Gasteiger partial charge in [-0.2, -0.15) is 30.6 Å². The van der Waals surface area contributed by atoms with E-state index >= 15 is 0 Å². The number of halogens is 6. The molecule has 0 saturated carbocycles. The predicted octanol–water partition coefficient (Wildman–Crippen LogP) is 4.94. The maximum absolute atomic E-state index is 13.0. The Morgan fingerprint density at radius 2 is 1.56 bits per heavy atom. The highest BCUT2D eigenvalue weighted by molar-refractivity contribution is 7.90. The number of amides is 1. The highest BCUT2D eigenvalue weighted by Gasteiger charge is 2.51. The standard InChI is InChI=1S/C23H22F6N2O4S/c24-22(25,26)17-4-6-18(7-5-17)35-20-3-1-2-16-14-30(11-10-19(16)20)21(32)15-8-12-31(13-9-15)36(33,34)23(27,28)29/h1-7,15H,8-14H2. The molecule has 196 valence electrons. The number of rotatable bonds is 4. The summed E-state index contributed by atoms with van der Waals surface area (Å²) in [5.74, 6) is -0.142. The van der Waals surface area contributed by atoms with Crippen molar-refractivity contribution in [2.75, 3.05) is 19.6 Å². The lowest BCUT2D eigenvalue weighted by Gasteiger charge is -2.36. The van der Waals surface area contributed by atoms with Gasteiger partial charge < -0.3 is 9.64 Å². The number of carbonyl (C=O) groups excluding carboxylic acids is 1. The quantitative estimate of drug-likeness (QED) is 0.519. The van der Waals surface area contributed by atoms with Gasteiger partial charge in [-0.05, 0) is 55.2 Å². The second kappa shape index (κ2) is 9.58. The fourth-order valence-electron chi connectivity index (χ4n) is 4.44. The van der Waals surface area contributed by atoms with Gasteiger partial charge in [0, 0.05) is 37.7 Å². The van der Waals surface area contributed by atoms with Crippen molar-refractivity contribution in [1.29, 1.82) is 0 Å². The zero-order valence-corrected chi connectivity index (χ0v) is 19.6. The molecule has 2 heterocycles. The molecule has 0 N–H and O–H groups in total. The lowest BCUT2D eigenvalue weighted by atomic mass is 9.93. The van der Waals surface area contributed by atoms with E-state index in [0.717, 1.165) is 23.3 Å². The number of carbonyl (C=O) groups is 1. The highest BCUT2D eigenvalue weighted by Crippen LogP contribution is 2.35. The molecule has 2 aromatic carbocycles. The molecule has 0 spiro atoms. The molecule has 1 fully saturated rings. The molecule has 6 nitrogen and oxygen atoms in total. The predicted molar refractivity (Wildman–Crippen MR) is 116 cm³/mol. The Kier molecular flexibility index (Phi) is 6.99. The lowest BCUT2D eigenvalue weighted by Crippen LogP contribution is -2.48. The van der Waals surface area contributed by atoms with Gasteiger partial charge in [-0.25, -0.2) is 8.42 Å². The maximum Gasteiger partial charge on any atom is 0.511 e. The van der Waals surface area contributed by atoms with Crippen molar-refractivity contribution < 1.29 is 44.3 Å². The topological polar surface area (TPSA) is 66.9 Å². The molecule has 1 saturated heterocycles. The van der Waals surface area contributed by atoms with Crippen LogP contribution in [0, 0.1) is 5.92 Å². The summed E-state index contributed by atoms with van der Waals surface area (Å²) in [4.78, 5) is 14.6. The first-order valence-corrected chi connectivity index (χ1v) is 12.5. The van der Waals surface area contributed by atoms with Crippen molar-refractivity contribution in [1.82, 2.24) is 9.21 Å². The average Bonchev–Trinajstić information content (AvgIpc) is 2.82. The summed E-state index contributed by atoms with van der Waals surface area (Å²) in [5.41, 5.74) is -4.56. The molecule has 0 unspecified atom stereocenters. The number of hydrogen-bond donors (Lipinski definition) is 0. The summed E-state index contributed by atoms with van der Waals surface area (Å²) in [5, 5.41) is 0. The number of nitrogens with zero attached hydrogens (tertiary/aromatic N) is 2. The van der Waals surface area contributed by atoms with E-state index in [1.165, 1.54) is 12.1 Å². The second-order valence-electron chi connectivity index (χ2n) is 8.65. The third-order valence-corrected chi connectivity index (χ3v) is 8.01. The van der Waals surface area contributed by atoms with Crippen LogP contribution in [0.15, 0.2) is 42.5 Å². The van der Waals surface area contributed by atoms with Gasteiger partial charge in [-0.1, -0.05) is 12.1 Å². The van der Waals surface area contributed by atoms with E-state index < -0.39 is 33.2 Å². The minimum absolute atomic E-state index is 0.00538.